The summed E-state index contributed by atoms with van der Waals surface area (Å²) in [7, 11) is 1.70. The molecule has 132 valence electrons. The summed E-state index contributed by atoms with van der Waals surface area (Å²) >= 11 is 1.77. The topological polar surface area (TPSA) is 49.9 Å². The molecule has 1 saturated heterocycles. The molecule has 24 heavy (non-hydrogen) atoms. The SMILES string of the molecule is CO[C@@H]1CN(C(=O)CCC(=O)N2CCc3sccc3C2)CC[C@@H]1C. The smallest absolute Gasteiger partial charge is 0.223 e. The summed E-state index contributed by atoms with van der Waals surface area (Å²) in [5.41, 5.74) is 1.26. The zero-order chi connectivity index (χ0) is 17.1. The van der Waals surface area contributed by atoms with Crippen LogP contribution in [0.1, 0.15) is 36.6 Å². The number of hydrogen-bond acceptors (Lipinski definition) is 4. The fraction of sp³-hybridized carbons (Fsp3) is 0.667. The first-order valence-electron chi connectivity index (χ1n) is 8.72. The van der Waals surface area contributed by atoms with Crippen LogP contribution in [-0.4, -0.2) is 54.5 Å². The summed E-state index contributed by atoms with van der Waals surface area (Å²) in [6.45, 7) is 5.05. The van der Waals surface area contributed by atoms with Crippen molar-refractivity contribution in [3.63, 3.8) is 0 Å². The van der Waals surface area contributed by atoms with E-state index in [4.69, 9.17) is 4.74 Å². The molecule has 2 atom stereocenters. The molecule has 0 bridgehead atoms. The third kappa shape index (κ3) is 3.81. The number of carbonyl (C=O) groups is 2. The van der Waals surface area contributed by atoms with Crippen molar-refractivity contribution in [3.8, 4) is 0 Å². The molecule has 0 aliphatic carbocycles. The lowest BCUT2D eigenvalue weighted by molar-refractivity contribution is -0.140. The Hall–Kier alpha value is -1.40. The van der Waals surface area contributed by atoms with Crippen LogP contribution >= 0.6 is 11.3 Å². The minimum absolute atomic E-state index is 0.0746. The van der Waals surface area contributed by atoms with Gasteiger partial charge >= 0.3 is 0 Å². The third-order valence-electron chi connectivity index (χ3n) is 5.26. The highest BCUT2D eigenvalue weighted by molar-refractivity contribution is 7.10. The van der Waals surface area contributed by atoms with Crippen molar-refractivity contribution in [2.45, 2.75) is 45.3 Å². The molecule has 0 unspecified atom stereocenters. The molecule has 0 N–H and O–H groups in total. The Morgan fingerprint density at radius 2 is 2.00 bits per heavy atom. The Labute approximate surface area is 147 Å². The largest absolute Gasteiger partial charge is 0.379 e. The van der Waals surface area contributed by atoms with Gasteiger partial charge in [0, 0.05) is 51.0 Å². The van der Waals surface area contributed by atoms with E-state index in [1.54, 1.807) is 18.4 Å². The van der Waals surface area contributed by atoms with Crippen LogP contribution in [0.2, 0.25) is 0 Å². The van der Waals surface area contributed by atoms with Crippen molar-refractivity contribution < 1.29 is 14.3 Å². The third-order valence-corrected chi connectivity index (χ3v) is 6.28. The van der Waals surface area contributed by atoms with Crippen molar-refractivity contribution in [2.75, 3.05) is 26.7 Å². The second-order valence-electron chi connectivity index (χ2n) is 6.81. The van der Waals surface area contributed by atoms with Crippen LogP contribution in [-0.2, 0) is 27.3 Å². The first kappa shape index (κ1) is 17.4. The number of nitrogens with zero attached hydrogens (tertiary/aromatic N) is 2. The number of thiophene rings is 1. The Bertz CT molecular complexity index is 601. The summed E-state index contributed by atoms with van der Waals surface area (Å²) < 4.78 is 5.46. The van der Waals surface area contributed by atoms with Crippen molar-refractivity contribution in [1.82, 2.24) is 9.80 Å². The number of fused-ring (bicyclic) bond motifs is 1. The van der Waals surface area contributed by atoms with Crippen molar-refractivity contribution in [2.24, 2.45) is 5.92 Å². The number of carbonyl (C=O) groups excluding carboxylic acids is 2. The lowest BCUT2D eigenvalue weighted by Gasteiger charge is -2.36. The van der Waals surface area contributed by atoms with Gasteiger partial charge in [-0.1, -0.05) is 6.92 Å². The molecular formula is C18H26N2O3S. The van der Waals surface area contributed by atoms with Gasteiger partial charge in [0.2, 0.25) is 11.8 Å². The standard InChI is InChI=1S/C18H26N2O3S/c1-13-5-8-20(12-15(13)23-2)18(22)4-3-17(21)19-9-6-16-14(11-19)7-10-24-16/h7,10,13,15H,3-6,8-9,11-12H2,1-2H3/t13-,15+/m0/s1. The first-order chi connectivity index (χ1) is 11.6. The lowest BCUT2D eigenvalue weighted by Crippen LogP contribution is -2.46. The Morgan fingerprint density at radius 3 is 2.75 bits per heavy atom. The fourth-order valence-corrected chi connectivity index (χ4v) is 4.45. The quantitative estimate of drug-likeness (QED) is 0.837. The van der Waals surface area contributed by atoms with Gasteiger partial charge in [-0.05, 0) is 35.8 Å². The van der Waals surface area contributed by atoms with E-state index in [1.807, 2.05) is 9.80 Å². The zero-order valence-corrected chi connectivity index (χ0v) is 15.3. The number of ether oxygens (including phenoxy) is 1. The molecule has 3 heterocycles. The van der Waals surface area contributed by atoms with E-state index in [1.165, 1.54) is 10.4 Å². The van der Waals surface area contributed by atoms with Crippen LogP contribution in [0.3, 0.4) is 0 Å². The molecular weight excluding hydrogens is 324 g/mol. The predicted octanol–water partition coefficient (Wildman–Crippen LogP) is 2.30. The second-order valence-corrected chi connectivity index (χ2v) is 7.81. The molecule has 2 aliphatic rings. The van der Waals surface area contributed by atoms with E-state index >= 15 is 0 Å². The number of methoxy groups -OCH3 is 1. The molecule has 0 spiro atoms. The molecule has 0 aromatic carbocycles. The molecule has 1 aromatic rings. The molecule has 1 fully saturated rings. The van der Waals surface area contributed by atoms with Gasteiger partial charge in [-0.3, -0.25) is 9.59 Å². The summed E-state index contributed by atoms with van der Waals surface area (Å²) in [4.78, 5) is 30.0. The average Bonchev–Trinajstić information content (AvgIpc) is 3.07. The zero-order valence-electron chi connectivity index (χ0n) is 14.5. The predicted molar refractivity (Wildman–Crippen MR) is 93.8 cm³/mol. The molecule has 2 aliphatic heterocycles. The summed E-state index contributed by atoms with van der Waals surface area (Å²) in [6, 6.07) is 2.10. The highest BCUT2D eigenvalue weighted by Crippen LogP contribution is 2.25. The van der Waals surface area contributed by atoms with Crippen molar-refractivity contribution >= 4 is 23.2 Å². The van der Waals surface area contributed by atoms with Crippen molar-refractivity contribution in [3.05, 3.63) is 21.9 Å². The van der Waals surface area contributed by atoms with Gasteiger partial charge in [0.15, 0.2) is 0 Å². The maximum atomic E-state index is 12.4. The summed E-state index contributed by atoms with van der Waals surface area (Å²) in [6.07, 6.45) is 2.62. The number of hydrogen-bond donors (Lipinski definition) is 0. The van der Waals surface area contributed by atoms with Crippen LogP contribution in [0.25, 0.3) is 0 Å². The van der Waals surface area contributed by atoms with E-state index in [-0.39, 0.29) is 17.9 Å². The van der Waals surface area contributed by atoms with Crippen LogP contribution in [0, 0.1) is 5.92 Å². The number of piperidine rings is 1. The first-order valence-corrected chi connectivity index (χ1v) is 9.60. The Kier molecular flexibility index (Phi) is 5.56. The monoisotopic (exact) mass is 350 g/mol. The van der Waals surface area contributed by atoms with Gasteiger partial charge < -0.3 is 14.5 Å². The van der Waals surface area contributed by atoms with E-state index in [2.05, 4.69) is 18.4 Å². The number of amides is 2. The highest BCUT2D eigenvalue weighted by atomic mass is 32.1. The maximum Gasteiger partial charge on any atom is 0.223 e. The number of rotatable bonds is 4. The van der Waals surface area contributed by atoms with Crippen LogP contribution < -0.4 is 0 Å². The molecule has 6 heteroatoms. The van der Waals surface area contributed by atoms with Crippen LogP contribution in [0.5, 0.6) is 0 Å². The molecule has 1 aromatic heterocycles. The minimum atomic E-state index is 0.0746. The van der Waals surface area contributed by atoms with Gasteiger partial charge in [-0.2, -0.15) is 0 Å². The van der Waals surface area contributed by atoms with Gasteiger partial charge in [-0.25, -0.2) is 0 Å². The number of likely N-dealkylation sites (tertiary alicyclic amines) is 1. The summed E-state index contributed by atoms with van der Waals surface area (Å²) in [5.74, 6) is 0.647. The fourth-order valence-electron chi connectivity index (χ4n) is 3.56. The van der Waals surface area contributed by atoms with E-state index in [9.17, 15) is 9.59 Å². The van der Waals surface area contributed by atoms with Gasteiger partial charge in [0.1, 0.15) is 0 Å². The lowest BCUT2D eigenvalue weighted by atomic mass is 9.95. The van der Waals surface area contributed by atoms with Gasteiger partial charge in [0.05, 0.1) is 6.10 Å². The molecule has 2 amide bonds. The Morgan fingerprint density at radius 1 is 1.25 bits per heavy atom. The van der Waals surface area contributed by atoms with Gasteiger partial charge in [-0.15, -0.1) is 11.3 Å². The second kappa shape index (κ2) is 7.66. The van der Waals surface area contributed by atoms with Gasteiger partial charge in [0.25, 0.3) is 0 Å². The van der Waals surface area contributed by atoms with Crippen molar-refractivity contribution in [1.29, 1.82) is 0 Å². The molecule has 5 nitrogen and oxygen atoms in total. The van der Waals surface area contributed by atoms with Crippen LogP contribution in [0.4, 0.5) is 0 Å². The Balaban J connectivity index is 1.47. The minimum Gasteiger partial charge on any atom is -0.379 e. The van der Waals surface area contributed by atoms with E-state index < -0.39 is 0 Å². The molecule has 3 rings (SSSR count). The summed E-state index contributed by atoms with van der Waals surface area (Å²) in [5, 5.41) is 2.09. The normalized spacial score (nSPS) is 23.9. The van der Waals surface area contributed by atoms with E-state index in [0.29, 0.717) is 31.8 Å². The molecule has 0 radical (unpaired) electrons. The van der Waals surface area contributed by atoms with E-state index in [0.717, 1.165) is 25.9 Å². The average molecular weight is 350 g/mol. The maximum absolute atomic E-state index is 12.4. The van der Waals surface area contributed by atoms with Crippen LogP contribution in [0.15, 0.2) is 11.4 Å². The highest BCUT2D eigenvalue weighted by Gasteiger charge is 2.29. The molecule has 0 saturated carbocycles.